The number of aryl methyl sites for hydroxylation is 1. The molecule has 3 aromatic rings. The predicted molar refractivity (Wildman–Crippen MR) is 91.5 cm³/mol. The first-order chi connectivity index (χ1) is 10.6. The Hall–Kier alpha value is -1.59. The molecule has 0 atom stereocenters. The summed E-state index contributed by atoms with van der Waals surface area (Å²) in [5, 5.41) is 10.9. The first kappa shape index (κ1) is 15.3. The summed E-state index contributed by atoms with van der Waals surface area (Å²) < 4.78 is 2.05. The monoisotopic (exact) mass is 332 g/mol. The minimum Gasteiger partial charge on any atom is -0.306 e. The van der Waals surface area contributed by atoms with Gasteiger partial charge in [0.05, 0.1) is 16.2 Å². The third-order valence-corrected chi connectivity index (χ3v) is 5.05. The Morgan fingerprint density at radius 1 is 1.27 bits per heavy atom. The van der Waals surface area contributed by atoms with Gasteiger partial charge in [-0.3, -0.25) is 4.98 Å². The number of rotatable bonds is 4. The molecule has 2 heterocycles. The second-order valence-electron chi connectivity index (χ2n) is 5.42. The van der Waals surface area contributed by atoms with Crippen molar-refractivity contribution in [2.24, 2.45) is 0 Å². The van der Waals surface area contributed by atoms with Crippen molar-refractivity contribution in [2.75, 3.05) is 0 Å². The highest BCUT2D eigenvalue weighted by Gasteiger charge is 2.13. The van der Waals surface area contributed by atoms with Crippen LogP contribution < -0.4 is 0 Å². The number of pyridine rings is 1. The van der Waals surface area contributed by atoms with Gasteiger partial charge in [0.2, 0.25) is 0 Å². The lowest BCUT2D eigenvalue weighted by Gasteiger charge is -2.11. The van der Waals surface area contributed by atoms with Gasteiger partial charge in [0.15, 0.2) is 5.16 Å². The Morgan fingerprint density at radius 3 is 2.82 bits per heavy atom. The van der Waals surface area contributed by atoms with Crippen molar-refractivity contribution in [3.05, 3.63) is 46.9 Å². The van der Waals surface area contributed by atoms with Crippen LogP contribution in [0.15, 0.2) is 35.7 Å². The zero-order valence-corrected chi connectivity index (χ0v) is 14.3. The van der Waals surface area contributed by atoms with Crippen LogP contribution in [-0.2, 0) is 5.75 Å². The van der Waals surface area contributed by atoms with Crippen molar-refractivity contribution in [2.45, 2.75) is 37.7 Å². The van der Waals surface area contributed by atoms with Crippen LogP contribution in [-0.4, -0.2) is 19.7 Å². The second kappa shape index (κ2) is 6.26. The van der Waals surface area contributed by atoms with Crippen molar-refractivity contribution in [3.8, 4) is 0 Å². The maximum Gasteiger partial charge on any atom is 0.191 e. The molecule has 0 unspecified atom stereocenters. The fraction of sp³-hybridized carbons (Fsp3) is 0.312. The molecule has 0 N–H and O–H groups in total. The van der Waals surface area contributed by atoms with Crippen molar-refractivity contribution in [3.63, 3.8) is 0 Å². The van der Waals surface area contributed by atoms with Gasteiger partial charge in [-0.2, -0.15) is 0 Å². The minimum atomic E-state index is 0.333. The van der Waals surface area contributed by atoms with E-state index in [0.29, 0.717) is 11.8 Å². The van der Waals surface area contributed by atoms with E-state index in [2.05, 4.69) is 30.1 Å². The quantitative estimate of drug-likeness (QED) is 0.652. The van der Waals surface area contributed by atoms with Crippen LogP contribution in [0.4, 0.5) is 0 Å². The van der Waals surface area contributed by atoms with Gasteiger partial charge >= 0.3 is 0 Å². The summed E-state index contributed by atoms with van der Waals surface area (Å²) in [7, 11) is 0. The average molecular weight is 333 g/mol. The molecule has 1 aromatic carbocycles. The summed E-state index contributed by atoms with van der Waals surface area (Å²) in [6, 6.07) is 8.40. The normalized spacial score (nSPS) is 11.5. The molecule has 114 valence electrons. The molecule has 0 aliphatic rings. The number of hydrogen-bond acceptors (Lipinski definition) is 4. The van der Waals surface area contributed by atoms with E-state index in [1.165, 1.54) is 0 Å². The standard InChI is InChI=1S/C16H17ClN4S/c1-10(2)21-9-18-20-16(21)22-8-14-15(17)11(3)12-6-4-5-7-13(12)19-14/h4-7,9-10H,8H2,1-3H3. The number of hydrogen-bond donors (Lipinski definition) is 0. The number of thioether (sulfide) groups is 1. The third kappa shape index (κ3) is 2.83. The van der Waals surface area contributed by atoms with Crippen LogP contribution in [0.5, 0.6) is 0 Å². The third-order valence-electron chi connectivity index (χ3n) is 3.58. The van der Waals surface area contributed by atoms with Gasteiger partial charge in [-0.05, 0) is 32.4 Å². The topological polar surface area (TPSA) is 43.6 Å². The van der Waals surface area contributed by atoms with Crippen molar-refractivity contribution in [1.82, 2.24) is 19.7 Å². The Labute approximate surface area is 138 Å². The molecule has 2 aromatic heterocycles. The smallest absolute Gasteiger partial charge is 0.191 e. The highest BCUT2D eigenvalue weighted by molar-refractivity contribution is 7.98. The molecular weight excluding hydrogens is 316 g/mol. The molecule has 0 spiro atoms. The summed E-state index contributed by atoms with van der Waals surface area (Å²) in [5.41, 5.74) is 2.94. The van der Waals surface area contributed by atoms with Crippen LogP contribution in [0.3, 0.4) is 0 Å². The van der Waals surface area contributed by atoms with E-state index < -0.39 is 0 Å². The summed E-state index contributed by atoms with van der Waals surface area (Å²) in [4.78, 5) is 4.70. The van der Waals surface area contributed by atoms with Gasteiger partial charge in [0.1, 0.15) is 6.33 Å². The van der Waals surface area contributed by atoms with E-state index in [9.17, 15) is 0 Å². The van der Waals surface area contributed by atoms with Crippen LogP contribution in [0.2, 0.25) is 5.02 Å². The summed E-state index contributed by atoms with van der Waals surface area (Å²) >= 11 is 8.11. The van der Waals surface area contributed by atoms with Crippen LogP contribution in [0.25, 0.3) is 10.9 Å². The van der Waals surface area contributed by atoms with Gasteiger partial charge in [-0.1, -0.05) is 41.6 Å². The number of benzene rings is 1. The average Bonchev–Trinajstić information content (AvgIpc) is 2.98. The number of fused-ring (bicyclic) bond motifs is 1. The van der Waals surface area contributed by atoms with Crippen molar-refractivity contribution in [1.29, 1.82) is 0 Å². The molecule has 4 nitrogen and oxygen atoms in total. The number of para-hydroxylation sites is 1. The molecule has 3 rings (SSSR count). The number of halogens is 1. The van der Waals surface area contributed by atoms with Gasteiger partial charge in [0.25, 0.3) is 0 Å². The Balaban J connectivity index is 1.91. The van der Waals surface area contributed by atoms with Crippen molar-refractivity contribution >= 4 is 34.3 Å². The van der Waals surface area contributed by atoms with Crippen molar-refractivity contribution < 1.29 is 0 Å². The molecule has 22 heavy (non-hydrogen) atoms. The molecule has 0 saturated carbocycles. The van der Waals surface area contributed by atoms with Crippen LogP contribution >= 0.6 is 23.4 Å². The summed E-state index contributed by atoms with van der Waals surface area (Å²) in [6.07, 6.45) is 1.76. The highest BCUT2D eigenvalue weighted by atomic mass is 35.5. The fourth-order valence-corrected chi connectivity index (χ4v) is 3.61. The minimum absolute atomic E-state index is 0.333. The molecule has 0 radical (unpaired) electrons. The highest BCUT2D eigenvalue weighted by Crippen LogP contribution is 2.31. The van der Waals surface area contributed by atoms with E-state index in [1.54, 1.807) is 18.1 Å². The zero-order chi connectivity index (χ0) is 15.7. The molecule has 0 saturated heterocycles. The largest absolute Gasteiger partial charge is 0.306 e. The molecule has 0 aliphatic heterocycles. The molecule has 6 heteroatoms. The molecule has 0 amide bonds. The van der Waals surface area contributed by atoms with Crippen LogP contribution in [0.1, 0.15) is 31.1 Å². The van der Waals surface area contributed by atoms with Gasteiger partial charge in [-0.25, -0.2) is 0 Å². The maximum absolute atomic E-state index is 6.50. The van der Waals surface area contributed by atoms with E-state index in [4.69, 9.17) is 16.6 Å². The Bertz CT molecular complexity index is 813. The number of nitrogens with zero attached hydrogens (tertiary/aromatic N) is 4. The molecule has 0 aliphatic carbocycles. The van der Waals surface area contributed by atoms with Gasteiger partial charge in [-0.15, -0.1) is 10.2 Å². The van der Waals surface area contributed by atoms with E-state index in [1.807, 2.05) is 29.7 Å². The van der Waals surface area contributed by atoms with E-state index >= 15 is 0 Å². The molecular formula is C16H17ClN4S. The molecule has 0 fully saturated rings. The maximum atomic E-state index is 6.50. The van der Waals surface area contributed by atoms with Gasteiger partial charge < -0.3 is 4.57 Å². The van der Waals surface area contributed by atoms with E-state index in [0.717, 1.165) is 32.3 Å². The van der Waals surface area contributed by atoms with E-state index in [-0.39, 0.29) is 0 Å². The Kier molecular flexibility index (Phi) is 4.36. The lowest BCUT2D eigenvalue weighted by atomic mass is 10.1. The zero-order valence-electron chi connectivity index (χ0n) is 12.7. The lowest BCUT2D eigenvalue weighted by molar-refractivity contribution is 0.549. The first-order valence-corrected chi connectivity index (χ1v) is 8.50. The molecule has 0 bridgehead atoms. The predicted octanol–water partition coefficient (Wildman–Crippen LogP) is 4.66. The fourth-order valence-electron chi connectivity index (χ4n) is 2.34. The van der Waals surface area contributed by atoms with Crippen LogP contribution in [0, 0.1) is 6.92 Å². The first-order valence-electron chi connectivity index (χ1n) is 7.14. The van der Waals surface area contributed by atoms with Gasteiger partial charge in [0, 0.05) is 17.2 Å². The SMILES string of the molecule is Cc1c(Cl)c(CSc2nncn2C(C)C)nc2ccccc12. The summed E-state index contributed by atoms with van der Waals surface area (Å²) in [6.45, 7) is 6.26. The second-order valence-corrected chi connectivity index (χ2v) is 6.74. The number of aromatic nitrogens is 4. The lowest BCUT2D eigenvalue weighted by Crippen LogP contribution is -2.01. The summed E-state index contributed by atoms with van der Waals surface area (Å²) in [5.74, 6) is 0.677. The Morgan fingerprint density at radius 2 is 2.05 bits per heavy atom.